The van der Waals surface area contributed by atoms with Gasteiger partial charge in [0.25, 0.3) is 0 Å². The van der Waals surface area contributed by atoms with Gasteiger partial charge < -0.3 is 0 Å². The SMILES string of the molecule is CCC1=CC2C(C1)CC2(Cc1nn[nH]n1)C[N+](=O)[O-]. The fraction of sp³-hybridized carbons (Fsp3) is 0.750. The van der Waals surface area contributed by atoms with Crippen LogP contribution >= 0.6 is 0 Å². The maximum Gasteiger partial charge on any atom is 0.210 e. The molecule has 0 spiro atoms. The van der Waals surface area contributed by atoms with E-state index in [2.05, 4.69) is 33.6 Å². The Morgan fingerprint density at radius 1 is 1.63 bits per heavy atom. The van der Waals surface area contributed by atoms with Crippen molar-refractivity contribution >= 4 is 0 Å². The summed E-state index contributed by atoms with van der Waals surface area (Å²) >= 11 is 0. The molecule has 3 atom stereocenters. The Morgan fingerprint density at radius 2 is 2.47 bits per heavy atom. The van der Waals surface area contributed by atoms with Crippen molar-refractivity contribution in [1.29, 1.82) is 0 Å². The predicted octanol–water partition coefficient (Wildman–Crippen LogP) is 1.38. The van der Waals surface area contributed by atoms with Gasteiger partial charge in [-0.15, -0.1) is 10.2 Å². The third-order valence-electron chi connectivity index (χ3n) is 4.62. The van der Waals surface area contributed by atoms with Gasteiger partial charge in [0.2, 0.25) is 6.54 Å². The number of nitro groups is 1. The summed E-state index contributed by atoms with van der Waals surface area (Å²) in [6, 6.07) is 0. The Morgan fingerprint density at radius 3 is 3.11 bits per heavy atom. The van der Waals surface area contributed by atoms with Gasteiger partial charge in [-0.25, -0.2) is 0 Å². The minimum Gasteiger partial charge on any atom is -0.265 e. The number of nitrogens with zero attached hydrogens (tertiary/aromatic N) is 4. The van der Waals surface area contributed by atoms with E-state index in [9.17, 15) is 10.1 Å². The van der Waals surface area contributed by atoms with Crippen molar-refractivity contribution < 1.29 is 4.92 Å². The fourth-order valence-corrected chi connectivity index (χ4v) is 3.80. The quantitative estimate of drug-likeness (QED) is 0.491. The van der Waals surface area contributed by atoms with Crippen molar-refractivity contribution in [2.24, 2.45) is 17.3 Å². The molecule has 1 aromatic heterocycles. The number of aromatic amines is 1. The molecule has 19 heavy (non-hydrogen) atoms. The van der Waals surface area contributed by atoms with E-state index in [1.165, 1.54) is 5.57 Å². The number of aromatic nitrogens is 4. The molecule has 0 bridgehead atoms. The highest BCUT2D eigenvalue weighted by Crippen LogP contribution is 2.59. The Labute approximate surface area is 110 Å². The molecule has 1 aromatic rings. The van der Waals surface area contributed by atoms with E-state index >= 15 is 0 Å². The molecule has 102 valence electrons. The lowest BCUT2D eigenvalue weighted by atomic mass is 9.53. The lowest BCUT2D eigenvalue weighted by Crippen LogP contribution is -2.51. The van der Waals surface area contributed by atoms with Crippen molar-refractivity contribution in [3.05, 3.63) is 27.6 Å². The molecule has 3 unspecified atom stereocenters. The van der Waals surface area contributed by atoms with Gasteiger partial charge in [-0.05, 0) is 31.1 Å². The van der Waals surface area contributed by atoms with Crippen molar-refractivity contribution in [2.45, 2.75) is 32.6 Å². The number of nitrogens with one attached hydrogen (secondary N) is 1. The normalized spacial score (nSPS) is 32.6. The van der Waals surface area contributed by atoms with Crippen LogP contribution in [0.5, 0.6) is 0 Å². The second-order valence-electron chi connectivity index (χ2n) is 5.73. The van der Waals surface area contributed by atoms with Crippen molar-refractivity contribution in [3.8, 4) is 0 Å². The topological polar surface area (TPSA) is 97.6 Å². The van der Waals surface area contributed by atoms with E-state index in [1.54, 1.807) is 0 Å². The van der Waals surface area contributed by atoms with Crippen LogP contribution in [0.1, 0.15) is 32.0 Å². The van der Waals surface area contributed by atoms with Crippen LogP contribution in [0, 0.1) is 27.4 Å². The van der Waals surface area contributed by atoms with E-state index in [1.807, 2.05) is 0 Å². The van der Waals surface area contributed by atoms with Crippen LogP contribution in [0.2, 0.25) is 0 Å². The molecule has 0 saturated heterocycles. The van der Waals surface area contributed by atoms with E-state index in [4.69, 9.17) is 0 Å². The van der Waals surface area contributed by atoms with Gasteiger partial charge in [0.15, 0.2) is 5.82 Å². The van der Waals surface area contributed by atoms with Crippen molar-refractivity contribution in [2.75, 3.05) is 6.54 Å². The zero-order chi connectivity index (χ0) is 13.5. The molecule has 0 aliphatic heterocycles. The minimum atomic E-state index is -0.311. The largest absolute Gasteiger partial charge is 0.265 e. The Hall–Kier alpha value is -1.79. The van der Waals surface area contributed by atoms with Crippen LogP contribution in [-0.4, -0.2) is 32.1 Å². The fourth-order valence-electron chi connectivity index (χ4n) is 3.80. The summed E-state index contributed by atoms with van der Waals surface area (Å²) in [5.41, 5.74) is 1.13. The molecular weight excluding hydrogens is 246 g/mol. The van der Waals surface area contributed by atoms with Crippen LogP contribution in [0.15, 0.2) is 11.6 Å². The number of hydrogen-bond donors (Lipinski definition) is 1. The summed E-state index contributed by atoms with van der Waals surface area (Å²) in [4.78, 5) is 10.8. The zero-order valence-corrected chi connectivity index (χ0v) is 10.9. The monoisotopic (exact) mass is 263 g/mol. The minimum absolute atomic E-state index is 0.00377. The van der Waals surface area contributed by atoms with Gasteiger partial charge in [0, 0.05) is 16.8 Å². The van der Waals surface area contributed by atoms with Crippen LogP contribution in [0.25, 0.3) is 0 Å². The summed E-state index contributed by atoms with van der Waals surface area (Å²) in [5, 5.41) is 24.9. The predicted molar refractivity (Wildman–Crippen MR) is 66.8 cm³/mol. The summed E-state index contributed by atoms with van der Waals surface area (Å²) in [6.45, 7) is 2.14. The van der Waals surface area contributed by atoms with Gasteiger partial charge >= 0.3 is 0 Å². The first-order valence-corrected chi connectivity index (χ1v) is 6.66. The third-order valence-corrected chi connectivity index (χ3v) is 4.62. The molecule has 0 amide bonds. The summed E-state index contributed by atoms with van der Waals surface area (Å²) < 4.78 is 0. The molecule has 1 fully saturated rings. The van der Waals surface area contributed by atoms with E-state index in [0.717, 1.165) is 19.3 Å². The Kier molecular flexibility index (Phi) is 2.83. The molecule has 0 aromatic carbocycles. The second-order valence-corrected chi connectivity index (χ2v) is 5.73. The van der Waals surface area contributed by atoms with E-state index in [-0.39, 0.29) is 16.9 Å². The highest BCUT2D eigenvalue weighted by molar-refractivity contribution is 5.24. The number of hydrogen-bond acceptors (Lipinski definition) is 5. The molecule has 1 N–H and O–H groups in total. The first kappa shape index (κ1) is 12.3. The summed E-state index contributed by atoms with van der Waals surface area (Å²) in [6.07, 6.45) is 5.85. The standard InChI is InChI=1S/C12H17N5O2/c1-2-8-3-9-5-12(7-17(18)19,10(9)4-8)6-11-13-15-16-14-11/h4,9-10H,2-3,5-7H2,1H3,(H,13,14,15,16). The molecule has 7 nitrogen and oxygen atoms in total. The molecule has 7 heteroatoms. The van der Waals surface area contributed by atoms with Gasteiger partial charge in [-0.3, -0.25) is 10.1 Å². The first-order valence-electron chi connectivity index (χ1n) is 6.66. The Bertz CT molecular complexity index is 512. The van der Waals surface area contributed by atoms with E-state index < -0.39 is 0 Å². The second kappa shape index (κ2) is 4.40. The highest BCUT2D eigenvalue weighted by atomic mass is 16.6. The maximum absolute atomic E-state index is 11.0. The van der Waals surface area contributed by atoms with Crippen LogP contribution in [-0.2, 0) is 6.42 Å². The first-order chi connectivity index (χ1) is 9.13. The van der Waals surface area contributed by atoms with Crippen molar-refractivity contribution in [3.63, 3.8) is 0 Å². The average Bonchev–Trinajstić information content (AvgIpc) is 2.95. The lowest BCUT2D eigenvalue weighted by Gasteiger charge is -2.49. The molecule has 2 aliphatic rings. The van der Waals surface area contributed by atoms with Crippen LogP contribution in [0.4, 0.5) is 0 Å². The van der Waals surface area contributed by atoms with Gasteiger partial charge in [-0.1, -0.05) is 23.8 Å². The number of H-pyrrole nitrogens is 1. The molecule has 1 saturated carbocycles. The lowest BCUT2D eigenvalue weighted by molar-refractivity contribution is -0.506. The summed E-state index contributed by atoms with van der Waals surface area (Å²) in [5.74, 6) is 1.48. The van der Waals surface area contributed by atoms with Crippen molar-refractivity contribution in [1.82, 2.24) is 20.6 Å². The molecule has 1 heterocycles. The highest BCUT2D eigenvalue weighted by Gasteiger charge is 2.58. The molecule has 2 aliphatic carbocycles. The number of rotatable bonds is 5. The van der Waals surface area contributed by atoms with Gasteiger partial charge in [0.05, 0.1) is 0 Å². The van der Waals surface area contributed by atoms with Crippen LogP contribution in [0.3, 0.4) is 0 Å². The number of allylic oxidation sites excluding steroid dienone is 2. The van der Waals surface area contributed by atoms with Crippen LogP contribution < -0.4 is 0 Å². The average molecular weight is 263 g/mol. The Balaban J connectivity index is 1.83. The molecule has 3 rings (SSSR count). The summed E-state index contributed by atoms with van der Waals surface area (Å²) in [7, 11) is 0. The number of fused-ring (bicyclic) bond motifs is 1. The van der Waals surface area contributed by atoms with E-state index in [0.29, 0.717) is 24.1 Å². The van der Waals surface area contributed by atoms with Gasteiger partial charge in [-0.2, -0.15) is 5.21 Å². The smallest absolute Gasteiger partial charge is 0.210 e. The third kappa shape index (κ3) is 2.02. The molecular formula is C12H17N5O2. The number of tetrazole rings is 1. The zero-order valence-electron chi connectivity index (χ0n) is 10.9. The van der Waals surface area contributed by atoms with Gasteiger partial charge in [0.1, 0.15) is 0 Å². The maximum atomic E-state index is 11.0. The molecule has 0 radical (unpaired) electrons.